The first-order valence-corrected chi connectivity index (χ1v) is 8.67. The number of nitrogens with zero attached hydrogens (tertiary/aromatic N) is 1. The number of rotatable bonds is 7. The van der Waals surface area contributed by atoms with Crippen LogP contribution in [0.1, 0.15) is 47.6 Å². The van der Waals surface area contributed by atoms with Crippen LogP contribution in [0.15, 0.2) is 30.3 Å². The molecule has 0 bridgehead atoms. The van der Waals surface area contributed by atoms with Crippen LogP contribution in [0.4, 0.5) is 4.39 Å². The number of ether oxygens (including phenoxy) is 2. The predicted octanol–water partition coefficient (Wildman–Crippen LogP) is 3.77. The molecule has 1 heterocycles. The lowest BCUT2D eigenvalue weighted by molar-refractivity contribution is -0.149. The summed E-state index contributed by atoms with van der Waals surface area (Å²) in [6.45, 7) is 5.09. The van der Waals surface area contributed by atoms with Gasteiger partial charge in [-0.2, -0.15) is 0 Å². The number of aromatic nitrogens is 1. The van der Waals surface area contributed by atoms with E-state index in [0.29, 0.717) is 17.4 Å². The first-order chi connectivity index (χ1) is 12.4. The smallest absolute Gasteiger partial charge is 0.347 e. The number of aryl methyl sites for hydroxylation is 1. The van der Waals surface area contributed by atoms with Gasteiger partial charge in [-0.15, -0.1) is 0 Å². The third-order valence-corrected chi connectivity index (χ3v) is 4.50. The van der Waals surface area contributed by atoms with Gasteiger partial charge in [-0.1, -0.05) is 0 Å². The lowest BCUT2D eigenvalue weighted by Crippen LogP contribution is -2.28. The lowest BCUT2D eigenvalue weighted by Gasteiger charge is -2.13. The average molecular weight is 359 g/mol. The number of carbonyl (C=O) groups excluding carboxylic acids is 2. The van der Waals surface area contributed by atoms with Crippen LogP contribution in [0.25, 0.3) is 0 Å². The topological polar surface area (TPSA) is 57.5 Å². The normalized spacial score (nSPS) is 14.8. The highest BCUT2D eigenvalue weighted by Gasteiger charge is 2.28. The molecule has 138 valence electrons. The lowest BCUT2D eigenvalue weighted by atomic mass is 10.1. The molecule has 0 aliphatic heterocycles. The number of benzene rings is 1. The van der Waals surface area contributed by atoms with Gasteiger partial charge in [0, 0.05) is 23.0 Å². The van der Waals surface area contributed by atoms with Crippen molar-refractivity contribution in [2.24, 2.45) is 0 Å². The highest BCUT2D eigenvalue weighted by molar-refractivity contribution is 5.99. The van der Waals surface area contributed by atoms with Crippen LogP contribution in [-0.4, -0.2) is 29.0 Å². The van der Waals surface area contributed by atoms with E-state index in [1.165, 1.54) is 31.2 Å². The Morgan fingerprint density at radius 1 is 1.23 bits per heavy atom. The van der Waals surface area contributed by atoms with E-state index < -0.39 is 12.1 Å². The summed E-state index contributed by atoms with van der Waals surface area (Å²) in [6.07, 6.45) is 1.38. The maximum absolute atomic E-state index is 12.9. The van der Waals surface area contributed by atoms with Gasteiger partial charge in [0.25, 0.3) is 0 Å². The van der Waals surface area contributed by atoms with Gasteiger partial charge in [-0.25, -0.2) is 9.18 Å². The molecule has 2 aromatic rings. The summed E-state index contributed by atoms with van der Waals surface area (Å²) < 4.78 is 25.6. The van der Waals surface area contributed by atoms with Crippen LogP contribution in [0.2, 0.25) is 0 Å². The minimum Gasteiger partial charge on any atom is -0.479 e. The molecule has 6 heteroatoms. The molecule has 5 nitrogen and oxygen atoms in total. The molecule has 0 amide bonds. The Labute approximate surface area is 151 Å². The van der Waals surface area contributed by atoms with Crippen LogP contribution in [0, 0.1) is 19.7 Å². The number of esters is 1. The van der Waals surface area contributed by atoms with Crippen molar-refractivity contribution in [3.63, 3.8) is 0 Å². The first kappa shape index (κ1) is 18.2. The van der Waals surface area contributed by atoms with Crippen molar-refractivity contribution in [3.05, 3.63) is 53.1 Å². The molecule has 0 N–H and O–H groups in total. The Balaban J connectivity index is 1.56. The molecule has 1 aliphatic carbocycles. The van der Waals surface area contributed by atoms with Gasteiger partial charge in [0.15, 0.2) is 12.7 Å². The molecule has 0 saturated heterocycles. The molecule has 3 rings (SSSR count). The van der Waals surface area contributed by atoms with Crippen molar-refractivity contribution in [3.8, 4) is 5.75 Å². The summed E-state index contributed by atoms with van der Waals surface area (Å²) in [5.41, 5.74) is 2.56. The number of carbonyl (C=O) groups is 2. The van der Waals surface area contributed by atoms with Crippen molar-refractivity contribution in [2.45, 2.75) is 45.8 Å². The molecule has 1 aromatic carbocycles. The van der Waals surface area contributed by atoms with E-state index in [4.69, 9.17) is 9.47 Å². The zero-order valence-electron chi connectivity index (χ0n) is 15.1. The SMILES string of the molecule is Cc1cc(C(=O)COC(=O)[C@H](C)Oc2ccc(F)cc2)c(C)n1C1CC1. The van der Waals surface area contributed by atoms with Crippen LogP contribution >= 0.6 is 0 Å². The summed E-state index contributed by atoms with van der Waals surface area (Å²) in [6, 6.07) is 7.68. The Morgan fingerprint density at radius 2 is 1.88 bits per heavy atom. The summed E-state index contributed by atoms with van der Waals surface area (Å²) in [7, 11) is 0. The van der Waals surface area contributed by atoms with Gasteiger partial charge in [0.05, 0.1) is 0 Å². The second-order valence-corrected chi connectivity index (χ2v) is 6.63. The molecule has 1 aliphatic rings. The van der Waals surface area contributed by atoms with Crippen LogP contribution in [0.5, 0.6) is 5.75 Å². The van der Waals surface area contributed by atoms with Crippen molar-refractivity contribution < 1.29 is 23.5 Å². The summed E-state index contributed by atoms with van der Waals surface area (Å²) in [4.78, 5) is 24.5. The zero-order chi connectivity index (χ0) is 18.8. The van der Waals surface area contributed by atoms with E-state index in [1.807, 2.05) is 19.9 Å². The van der Waals surface area contributed by atoms with E-state index in [-0.39, 0.29) is 18.2 Å². The third kappa shape index (κ3) is 3.95. The minimum atomic E-state index is -0.896. The summed E-state index contributed by atoms with van der Waals surface area (Å²) in [5, 5.41) is 0. The molecular formula is C20H22FNO4. The molecule has 1 fully saturated rings. The van der Waals surface area contributed by atoms with E-state index in [1.54, 1.807) is 0 Å². The van der Waals surface area contributed by atoms with Gasteiger partial charge in [0.1, 0.15) is 11.6 Å². The summed E-state index contributed by atoms with van der Waals surface area (Å²) in [5.74, 6) is -0.900. The van der Waals surface area contributed by atoms with Gasteiger partial charge in [-0.05, 0) is 63.9 Å². The van der Waals surface area contributed by atoms with Crippen LogP contribution < -0.4 is 4.74 Å². The Morgan fingerprint density at radius 3 is 2.50 bits per heavy atom. The largest absolute Gasteiger partial charge is 0.479 e. The first-order valence-electron chi connectivity index (χ1n) is 8.67. The molecule has 0 unspecified atom stereocenters. The highest BCUT2D eigenvalue weighted by Crippen LogP contribution is 2.38. The minimum absolute atomic E-state index is 0.229. The molecule has 1 atom stereocenters. The monoisotopic (exact) mass is 359 g/mol. The van der Waals surface area contributed by atoms with Crippen molar-refractivity contribution in [1.82, 2.24) is 4.57 Å². The number of Topliss-reactive ketones (excluding diaryl/α,β-unsaturated/α-hetero) is 1. The van der Waals surface area contributed by atoms with Gasteiger partial charge >= 0.3 is 5.97 Å². The van der Waals surface area contributed by atoms with E-state index in [0.717, 1.165) is 24.2 Å². The fourth-order valence-electron chi connectivity index (χ4n) is 3.05. The Kier molecular flexibility index (Phi) is 5.11. The van der Waals surface area contributed by atoms with Crippen LogP contribution in [-0.2, 0) is 9.53 Å². The second kappa shape index (κ2) is 7.32. The van der Waals surface area contributed by atoms with Gasteiger partial charge in [-0.3, -0.25) is 4.79 Å². The Bertz CT molecular complexity index is 821. The van der Waals surface area contributed by atoms with E-state index >= 15 is 0 Å². The standard InChI is InChI=1S/C20H22FNO4/c1-12-10-18(13(2)22(12)16-6-7-16)19(23)11-25-20(24)14(3)26-17-8-4-15(21)5-9-17/h4-5,8-10,14,16H,6-7,11H2,1-3H3/t14-/m0/s1. The van der Waals surface area contributed by atoms with E-state index in [9.17, 15) is 14.0 Å². The van der Waals surface area contributed by atoms with Crippen molar-refractivity contribution in [2.75, 3.05) is 6.61 Å². The average Bonchev–Trinajstić information content (AvgIpc) is 3.39. The number of ketones is 1. The number of halogens is 1. The molecule has 0 radical (unpaired) electrons. The third-order valence-electron chi connectivity index (χ3n) is 4.50. The van der Waals surface area contributed by atoms with Crippen molar-refractivity contribution in [1.29, 1.82) is 0 Å². The summed E-state index contributed by atoms with van der Waals surface area (Å²) >= 11 is 0. The maximum Gasteiger partial charge on any atom is 0.347 e. The Hall–Kier alpha value is -2.63. The second-order valence-electron chi connectivity index (χ2n) is 6.63. The number of hydrogen-bond acceptors (Lipinski definition) is 4. The van der Waals surface area contributed by atoms with Gasteiger partial charge < -0.3 is 14.0 Å². The van der Waals surface area contributed by atoms with Crippen molar-refractivity contribution >= 4 is 11.8 Å². The predicted molar refractivity (Wildman–Crippen MR) is 94.0 cm³/mol. The molecule has 1 aromatic heterocycles. The quantitative estimate of drug-likeness (QED) is 0.558. The van der Waals surface area contributed by atoms with Crippen LogP contribution in [0.3, 0.4) is 0 Å². The molecule has 1 saturated carbocycles. The molecule has 0 spiro atoms. The van der Waals surface area contributed by atoms with Gasteiger partial charge in [0.2, 0.25) is 5.78 Å². The number of hydrogen-bond donors (Lipinski definition) is 0. The highest BCUT2D eigenvalue weighted by atomic mass is 19.1. The molecule has 26 heavy (non-hydrogen) atoms. The van der Waals surface area contributed by atoms with E-state index in [2.05, 4.69) is 4.57 Å². The fraction of sp³-hybridized carbons (Fsp3) is 0.400. The maximum atomic E-state index is 12.9. The molecular weight excluding hydrogens is 337 g/mol. The zero-order valence-corrected chi connectivity index (χ0v) is 15.1. The fourth-order valence-corrected chi connectivity index (χ4v) is 3.05.